The van der Waals surface area contributed by atoms with Crippen LogP contribution in [0.4, 0.5) is 0 Å². The van der Waals surface area contributed by atoms with Gasteiger partial charge in [-0.1, -0.05) is 25.1 Å². The van der Waals surface area contributed by atoms with Crippen molar-refractivity contribution in [3.8, 4) is 0 Å². The molecule has 0 aliphatic carbocycles. The first-order valence-corrected chi connectivity index (χ1v) is 4.20. The Morgan fingerprint density at radius 1 is 1.70 bits per heavy atom. The molecule has 0 saturated carbocycles. The molecule has 10 heavy (non-hydrogen) atoms. The van der Waals surface area contributed by atoms with E-state index >= 15 is 0 Å². The lowest BCUT2D eigenvalue weighted by atomic mass is 10.4. The summed E-state index contributed by atoms with van der Waals surface area (Å²) in [5.74, 6) is 1.07. The van der Waals surface area contributed by atoms with E-state index in [4.69, 9.17) is 0 Å². The van der Waals surface area contributed by atoms with Gasteiger partial charge in [-0.15, -0.1) is 10.2 Å². The molecule has 0 aliphatic rings. The number of aromatic nitrogens is 3. The van der Waals surface area contributed by atoms with Crippen molar-refractivity contribution in [2.24, 2.45) is 0 Å². The minimum atomic E-state index is 0.897. The van der Waals surface area contributed by atoms with Crippen LogP contribution in [0.3, 0.4) is 0 Å². The quantitative estimate of drug-likeness (QED) is 0.530. The standard InChI is InChI=1S/C6H10N3S/c1-2-3-4-10-6-7-5-8-9-6/h5H,1-4H2,(H,7,8,9). The molecule has 1 aromatic heterocycles. The summed E-state index contributed by atoms with van der Waals surface area (Å²) in [6.07, 6.45) is 3.71. The van der Waals surface area contributed by atoms with Gasteiger partial charge in [0.1, 0.15) is 6.33 Å². The van der Waals surface area contributed by atoms with E-state index in [-0.39, 0.29) is 0 Å². The van der Waals surface area contributed by atoms with Gasteiger partial charge >= 0.3 is 0 Å². The second kappa shape index (κ2) is 4.33. The molecule has 0 aromatic carbocycles. The van der Waals surface area contributed by atoms with Crippen LogP contribution in [-0.2, 0) is 0 Å². The molecule has 4 heteroatoms. The van der Waals surface area contributed by atoms with Crippen molar-refractivity contribution in [2.45, 2.75) is 18.0 Å². The van der Waals surface area contributed by atoms with Gasteiger partial charge in [-0.25, -0.2) is 0 Å². The van der Waals surface area contributed by atoms with Crippen molar-refractivity contribution in [3.63, 3.8) is 0 Å². The number of thioether (sulfide) groups is 1. The minimum Gasteiger partial charge on any atom is -0.323 e. The normalized spacial score (nSPS) is 10.1. The summed E-state index contributed by atoms with van der Waals surface area (Å²) in [6, 6.07) is 0. The monoisotopic (exact) mass is 156 g/mol. The molecule has 0 spiro atoms. The Balaban J connectivity index is 2.15. The number of aromatic amines is 1. The maximum atomic E-state index is 3.83. The highest BCUT2D eigenvalue weighted by atomic mass is 32.2. The summed E-state index contributed by atoms with van der Waals surface area (Å²) < 4.78 is 0. The third-order valence-electron chi connectivity index (χ3n) is 1.03. The van der Waals surface area contributed by atoms with Gasteiger partial charge in [-0.05, 0) is 6.42 Å². The van der Waals surface area contributed by atoms with Crippen molar-refractivity contribution < 1.29 is 0 Å². The molecule has 55 valence electrons. The highest BCUT2D eigenvalue weighted by Crippen LogP contribution is 2.11. The van der Waals surface area contributed by atoms with E-state index in [2.05, 4.69) is 22.1 Å². The van der Waals surface area contributed by atoms with Crippen molar-refractivity contribution in [2.75, 3.05) is 5.75 Å². The molecule has 0 saturated heterocycles. The average molecular weight is 156 g/mol. The van der Waals surface area contributed by atoms with Crippen LogP contribution in [-0.4, -0.2) is 20.9 Å². The number of hydrogen-bond donors (Lipinski definition) is 1. The van der Waals surface area contributed by atoms with E-state index in [0.29, 0.717) is 0 Å². The molecule has 1 heterocycles. The van der Waals surface area contributed by atoms with Gasteiger partial charge in [-0.2, -0.15) is 0 Å². The molecule has 0 bridgehead atoms. The summed E-state index contributed by atoms with van der Waals surface area (Å²) in [7, 11) is 0. The van der Waals surface area contributed by atoms with Crippen LogP contribution in [0.1, 0.15) is 12.8 Å². The van der Waals surface area contributed by atoms with Gasteiger partial charge in [-0.3, -0.25) is 0 Å². The Bertz CT molecular complexity index is 162. The molecule has 0 unspecified atom stereocenters. The zero-order chi connectivity index (χ0) is 7.23. The van der Waals surface area contributed by atoms with Crippen LogP contribution in [0.25, 0.3) is 0 Å². The molecule has 0 fully saturated rings. The van der Waals surface area contributed by atoms with Crippen LogP contribution in [0.15, 0.2) is 11.5 Å². The van der Waals surface area contributed by atoms with Crippen LogP contribution in [0.5, 0.6) is 0 Å². The minimum absolute atomic E-state index is 0.897. The van der Waals surface area contributed by atoms with Gasteiger partial charge in [0.2, 0.25) is 0 Å². The molecular weight excluding hydrogens is 146 g/mol. The number of H-pyrrole nitrogens is 1. The fourth-order valence-corrected chi connectivity index (χ4v) is 1.32. The number of nitrogens with zero attached hydrogens (tertiary/aromatic N) is 2. The Hall–Kier alpha value is -0.510. The predicted molar refractivity (Wildman–Crippen MR) is 41.7 cm³/mol. The average Bonchev–Trinajstić information content (AvgIpc) is 2.41. The molecular formula is C6H10N3S. The second-order valence-corrected chi connectivity index (χ2v) is 2.93. The smallest absolute Gasteiger partial charge is 0.188 e. The molecule has 1 aromatic rings. The van der Waals surface area contributed by atoms with Gasteiger partial charge in [0.05, 0.1) is 0 Å². The van der Waals surface area contributed by atoms with E-state index in [9.17, 15) is 0 Å². The zero-order valence-electron chi connectivity index (χ0n) is 5.71. The molecule has 0 atom stereocenters. The summed E-state index contributed by atoms with van der Waals surface area (Å²) in [6.45, 7) is 3.74. The Morgan fingerprint density at radius 3 is 3.20 bits per heavy atom. The largest absolute Gasteiger partial charge is 0.323 e. The van der Waals surface area contributed by atoms with E-state index in [1.807, 2.05) is 0 Å². The number of nitrogens with one attached hydrogen (secondary N) is 1. The maximum Gasteiger partial charge on any atom is 0.188 e. The highest BCUT2D eigenvalue weighted by Gasteiger charge is 1.93. The molecule has 0 amide bonds. The lowest BCUT2D eigenvalue weighted by molar-refractivity contribution is 0.944. The summed E-state index contributed by atoms with van der Waals surface area (Å²) in [4.78, 5) is 2.92. The lowest BCUT2D eigenvalue weighted by Gasteiger charge is -1.91. The van der Waals surface area contributed by atoms with E-state index < -0.39 is 0 Å². The topological polar surface area (TPSA) is 41.6 Å². The first-order valence-electron chi connectivity index (χ1n) is 3.21. The first-order chi connectivity index (χ1) is 4.93. The van der Waals surface area contributed by atoms with Gasteiger partial charge in [0.15, 0.2) is 5.16 Å². The maximum absolute atomic E-state index is 3.83. The second-order valence-electron chi connectivity index (χ2n) is 1.85. The van der Waals surface area contributed by atoms with Crippen LogP contribution >= 0.6 is 11.8 Å². The van der Waals surface area contributed by atoms with Crippen molar-refractivity contribution >= 4 is 11.8 Å². The fraction of sp³-hybridized carbons (Fsp3) is 0.500. The van der Waals surface area contributed by atoms with Crippen LogP contribution in [0, 0.1) is 6.92 Å². The molecule has 1 rings (SSSR count). The molecule has 3 nitrogen and oxygen atoms in total. The number of rotatable bonds is 4. The van der Waals surface area contributed by atoms with Crippen molar-refractivity contribution in [3.05, 3.63) is 13.3 Å². The van der Waals surface area contributed by atoms with Crippen LogP contribution < -0.4 is 0 Å². The summed E-state index contributed by atoms with van der Waals surface area (Å²) in [5, 5.41) is 8.38. The van der Waals surface area contributed by atoms with Gasteiger partial charge in [0.25, 0.3) is 0 Å². The first kappa shape index (κ1) is 7.60. The van der Waals surface area contributed by atoms with Crippen molar-refractivity contribution in [1.29, 1.82) is 0 Å². The molecule has 1 radical (unpaired) electrons. The summed E-state index contributed by atoms with van der Waals surface area (Å²) in [5.41, 5.74) is 0. The highest BCUT2D eigenvalue weighted by molar-refractivity contribution is 7.99. The van der Waals surface area contributed by atoms with Crippen LogP contribution in [0.2, 0.25) is 0 Å². The molecule has 1 N–H and O–H groups in total. The number of hydrogen-bond acceptors (Lipinski definition) is 3. The third kappa shape index (κ3) is 2.39. The van der Waals surface area contributed by atoms with E-state index in [1.165, 1.54) is 0 Å². The SMILES string of the molecule is [CH2]CCCSc1nnc[nH]1. The Kier molecular flexibility index (Phi) is 3.29. The third-order valence-corrected chi connectivity index (χ3v) is 1.99. The summed E-state index contributed by atoms with van der Waals surface area (Å²) >= 11 is 1.68. The van der Waals surface area contributed by atoms with E-state index in [1.54, 1.807) is 18.1 Å². The Morgan fingerprint density at radius 2 is 2.60 bits per heavy atom. The Labute approximate surface area is 64.6 Å². The van der Waals surface area contributed by atoms with E-state index in [0.717, 1.165) is 23.8 Å². The fourth-order valence-electron chi connectivity index (χ4n) is 0.536. The zero-order valence-corrected chi connectivity index (χ0v) is 6.52. The van der Waals surface area contributed by atoms with Gasteiger partial charge in [0, 0.05) is 5.75 Å². The molecule has 0 aliphatic heterocycles. The van der Waals surface area contributed by atoms with Crippen molar-refractivity contribution in [1.82, 2.24) is 15.2 Å². The van der Waals surface area contributed by atoms with Gasteiger partial charge < -0.3 is 4.98 Å². The lowest BCUT2D eigenvalue weighted by Crippen LogP contribution is -1.79. The number of unbranched alkanes of at least 4 members (excludes halogenated alkanes) is 1. The predicted octanol–water partition coefficient (Wildman–Crippen LogP) is 1.51.